The Hall–Kier alpha value is -1.83. The van der Waals surface area contributed by atoms with E-state index in [-0.39, 0.29) is 0 Å². The maximum atomic E-state index is 4.19. The number of aliphatic imine (C=N–C) groups is 1. The number of para-hydroxylation sites is 1. The SMILES string of the molecule is C=CC(=NC)c1cccc2cc[nH]c12. The molecule has 1 aromatic heterocycles. The molecule has 0 unspecified atom stereocenters. The highest BCUT2D eigenvalue weighted by Crippen LogP contribution is 2.17. The minimum Gasteiger partial charge on any atom is -0.361 e. The molecule has 2 heteroatoms. The van der Waals surface area contributed by atoms with Gasteiger partial charge in [0, 0.05) is 24.2 Å². The van der Waals surface area contributed by atoms with Crippen molar-refractivity contribution in [3.05, 3.63) is 48.7 Å². The van der Waals surface area contributed by atoms with E-state index < -0.39 is 0 Å². The molecule has 70 valence electrons. The van der Waals surface area contributed by atoms with Crippen LogP contribution in [0.2, 0.25) is 0 Å². The van der Waals surface area contributed by atoms with Crippen LogP contribution in [0, 0.1) is 0 Å². The van der Waals surface area contributed by atoms with Crippen LogP contribution in [0.25, 0.3) is 10.9 Å². The van der Waals surface area contributed by atoms with Crippen LogP contribution in [0.4, 0.5) is 0 Å². The minimum atomic E-state index is 0.915. The number of aromatic nitrogens is 1. The van der Waals surface area contributed by atoms with Gasteiger partial charge in [-0.05, 0) is 12.1 Å². The van der Waals surface area contributed by atoms with Crippen molar-refractivity contribution in [1.82, 2.24) is 4.98 Å². The quantitative estimate of drug-likeness (QED) is 0.695. The lowest BCUT2D eigenvalue weighted by Crippen LogP contribution is -1.96. The molecule has 0 amide bonds. The maximum absolute atomic E-state index is 4.19. The molecule has 1 aromatic carbocycles. The number of hydrogen-bond acceptors (Lipinski definition) is 1. The molecule has 2 aromatic rings. The van der Waals surface area contributed by atoms with Gasteiger partial charge in [0.15, 0.2) is 0 Å². The first-order chi connectivity index (χ1) is 6.86. The summed E-state index contributed by atoms with van der Waals surface area (Å²) >= 11 is 0. The van der Waals surface area contributed by atoms with E-state index in [4.69, 9.17) is 0 Å². The molecule has 0 aliphatic heterocycles. The highest BCUT2D eigenvalue weighted by atomic mass is 14.7. The summed E-state index contributed by atoms with van der Waals surface area (Å²) in [4.78, 5) is 7.39. The average Bonchev–Trinajstić information content (AvgIpc) is 2.68. The van der Waals surface area contributed by atoms with E-state index in [1.165, 1.54) is 5.39 Å². The number of H-pyrrole nitrogens is 1. The van der Waals surface area contributed by atoms with Crippen molar-refractivity contribution >= 4 is 16.6 Å². The van der Waals surface area contributed by atoms with Gasteiger partial charge in [-0.15, -0.1) is 0 Å². The summed E-state index contributed by atoms with van der Waals surface area (Å²) in [7, 11) is 1.78. The molecule has 0 radical (unpaired) electrons. The van der Waals surface area contributed by atoms with Gasteiger partial charge in [0.1, 0.15) is 0 Å². The zero-order valence-corrected chi connectivity index (χ0v) is 8.12. The highest BCUT2D eigenvalue weighted by Gasteiger charge is 2.04. The number of benzene rings is 1. The van der Waals surface area contributed by atoms with Gasteiger partial charge in [-0.2, -0.15) is 0 Å². The molecule has 0 spiro atoms. The van der Waals surface area contributed by atoms with E-state index in [2.05, 4.69) is 28.7 Å². The summed E-state index contributed by atoms with van der Waals surface area (Å²) in [6.45, 7) is 3.75. The van der Waals surface area contributed by atoms with Crippen LogP contribution in [0.3, 0.4) is 0 Å². The first-order valence-corrected chi connectivity index (χ1v) is 4.52. The number of allylic oxidation sites excluding steroid dienone is 1. The molecular weight excluding hydrogens is 172 g/mol. The normalized spacial score (nSPS) is 11.9. The molecule has 0 aliphatic rings. The lowest BCUT2D eigenvalue weighted by atomic mass is 10.1. The first-order valence-electron chi connectivity index (χ1n) is 4.52. The maximum Gasteiger partial charge on any atom is 0.0658 e. The lowest BCUT2D eigenvalue weighted by Gasteiger charge is -2.01. The van der Waals surface area contributed by atoms with Crippen LogP contribution in [0.1, 0.15) is 5.56 Å². The Morgan fingerprint density at radius 3 is 3.00 bits per heavy atom. The second-order valence-corrected chi connectivity index (χ2v) is 3.06. The average molecular weight is 184 g/mol. The molecule has 2 rings (SSSR count). The van der Waals surface area contributed by atoms with Gasteiger partial charge in [-0.3, -0.25) is 4.99 Å². The topological polar surface area (TPSA) is 28.1 Å². The standard InChI is InChI=1S/C12H12N2/c1-3-11(13-2)10-6-4-5-9-7-8-14-12(9)10/h3-8,14H,1H2,2H3. The van der Waals surface area contributed by atoms with Gasteiger partial charge in [0.25, 0.3) is 0 Å². The number of fused-ring (bicyclic) bond motifs is 1. The monoisotopic (exact) mass is 184 g/mol. The fourth-order valence-electron chi connectivity index (χ4n) is 1.62. The lowest BCUT2D eigenvalue weighted by molar-refractivity contribution is 1.42. The van der Waals surface area contributed by atoms with Gasteiger partial charge < -0.3 is 4.98 Å². The van der Waals surface area contributed by atoms with Crippen LogP contribution in [0.15, 0.2) is 48.1 Å². The highest BCUT2D eigenvalue weighted by molar-refractivity contribution is 6.15. The molecule has 0 saturated heterocycles. The Balaban J connectivity index is 2.73. The van der Waals surface area contributed by atoms with Crippen LogP contribution >= 0.6 is 0 Å². The van der Waals surface area contributed by atoms with Crippen LogP contribution in [-0.2, 0) is 0 Å². The van der Waals surface area contributed by atoms with Crippen molar-refractivity contribution in [2.45, 2.75) is 0 Å². The van der Waals surface area contributed by atoms with Gasteiger partial charge in [0.2, 0.25) is 0 Å². The van der Waals surface area contributed by atoms with Crippen molar-refractivity contribution in [2.24, 2.45) is 4.99 Å². The van der Waals surface area contributed by atoms with E-state index in [1.54, 1.807) is 13.1 Å². The largest absolute Gasteiger partial charge is 0.361 e. The van der Waals surface area contributed by atoms with Gasteiger partial charge in [0.05, 0.1) is 11.2 Å². The molecule has 0 fully saturated rings. The molecule has 1 heterocycles. The van der Waals surface area contributed by atoms with Crippen LogP contribution in [0.5, 0.6) is 0 Å². The second kappa shape index (κ2) is 3.50. The van der Waals surface area contributed by atoms with E-state index in [0.717, 1.165) is 16.8 Å². The molecule has 2 nitrogen and oxygen atoms in total. The van der Waals surface area contributed by atoms with Gasteiger partial charge >= 0.3 is 0 Å². The Morgan fingerprint density at radius 1 is 1.43 bits per heavy atom. The van der Waals surface area contributed by atoms with Crippen molar-refractivity contribution < 1.29 is 0 Å². The molecule has 1 N–H and O–H groups in total. The van der Waals surface area contributed by atoms with Gasteiger partial charge in [-0.25, -0.2) is 0 Å². The smallest absolute Gasteiger partial charge is 0.0658 e. The predicted octanol–water partition coefficient (Wildman–Crippen LogP) is 2.77. The van der Waals surface area contributed by atoms with Crippen molar-refractivity contribution in [1.29, 1.82) is 0 Å². The van der Waals surface area contributed by atoms with E-state index >= 15 is 0 Å². The number of aromatic amines is 1. The zero-order valence-electron chi connectivity index (χ0n) is 8.12. The Kier molecular flexibility index (Phi) is 2.19. The first kappa shape index (κ1) is 8.75. The minimum absolute atomic E-state index is 0.915. The third-order valence-electron chi connectivity index (χ3n) is 2.30. The van der Waals surface area contributed by atoms with Crippen molar-refractivity contribution in [2.75, 3.05) is 7.05 Å². The van der Waals surface area contributed by atoms with Gasteiger partial charge in [-0.1, -0.05) is 24.8 Å². The predicted molar refractivity (Wildman–Crippen MR) is 61.0 cm³/mol. The summed E-state index contributed by atoms with van der Waals surface area (Å²) in [5.41, 5.74) is 3.14. The third kappa shape index (κ3) is 1.25. The Morgan fingerprint density at radius 2 is 2.29 bits per heavy atom. The van der Waals surface area contributed by atoms with Crippen LogP contribution in [-0.4, -0.2) is 17.7 Å². The summed E-state index contributed by atoms with van der Waals surface area (Å²) in [6, 6.07) is 8.20. The number of hydrogen-bond donors (Lipinski definition) is 1. The molecule has 0 saturated carbocycles. The van der Waals surface area contributed by atoms with Crippen molar-refractivity contribution in [3.8, 4) is 0 Å². The fraction of sp³-hybridized carbons (Fsp3) is 0.0833. The van der Waals surface area contributed by atoms with Crippen molar-refractivity contribution in [3.63, 3.8) is 0 Å². The summed E-state index contributed by atoms with van der Waals surface area (Å²) in [5.74, 6) is 0. The van der Waals surface area contributed by atoms with Crippen LogP contribution < -0.4 is 0 Å². The molecule has 0 atom stereocenters. The fourth-order valence-corrected chi connectivity index (χ4v) is 1.62. The Labute approximate surface area is 83.0 Å². The summed E-state index contributed by atoms with van der Waals surface area (Å²) in [6.07, 6.45) is 3.71. The number of nitrogens with zero attached hydrogens (tertiary/aromatic N) is 1. The van der Waals surface area contributed by atoms with E-state index in [0.29, 0.717) is 0 Å². The number of rotatable bonds is 2. The summed E-state index contributed by atoms with van der Waals surface area (Å²) in [5, 5.41) is 1.20. The third-order valence-corrected chi connectivity index (χ3v) is 2.30. The van der Waals surface area contributed by atoms with E-state index in [1.807, 2.05) is 18.3 Å². The molecular formula is C12H12N2. The molecule has 0 aliphatic carbocycles. The zero-order chi connectivity index (χ0) is 9.97. The van der Waals surface area contributed by atoms with E-state index in [9.17, 15) is 0 Å². The molecule has 14 heavy (non-hydrogen) atoms. The summed E-state index contributed by atoms with van der Waals surface area (Å²) < 4.78 is 0. The molecule has 0 bridgehead atoms. The Bertz CT molecular complexity index is 492. The number of nitrogens with one attached hydrogen (secondary N) is 1. The second-order valence-electron chi connectivity index (χ2n) is 3.06.